The first-order valence-corrected chi connectivity index (χ1v) is 10.1. The van der Waals surface area contributed by atoms with Crippen LogP contribution in [-0.4, -0.2) is 67.1 Å². The second-order valence-corrected chi connectivity index (χ2v) is 8.64. The van der Waals surface area contributed by atoms with Gasteiger partial charge in [0.2, 0.25) is 5.91 Å². The Morgan fingerprint density at radius 1 is 1.38 bits per heavy atom. The highest BCUT2D eigenvalue weighted by Gasteiger charge is 2.39. The number of carbonyl (C=O) groups is 2. The zero-order chi connectivity index (χ0) is 19.5. The minimum atomic E-state index is -4.50. The Morgan fingerprint density at radius 3 is 2.62 bits per heavy atom. The van der Waals surface area contributed by atoms with E-state index in [0.29, 0.717) is 6.20 Å². The molecule has 26 heavy (non-hydrogen) atoms. The Hall–Kier alpha value is -1.82. The molecule has 1 fully saturated rings. The molecule has 2 heterocycles. The molecule has 1 aromatic rings. The highest BCUT2D eigenvalue weighted by Crippen LogP contribution is 2.29. The fraction of sp³-hybridized carbons (Fsp3) is 0.500. The van der Waals surface area contributed by atoms with Crippen molar-refractivity contribution in [3.63, 3.8) is 0 Å². The second-order valence-electron chi connectivity index (χ2n) is 5.41. The van der Waals surface area contributed by atoms with E-state index in [0.717, 1.165) is 35.9 Å². The van der Waals surface area contributed by atoms with Gasteiger partial charge >= 0.3 is 12.1 Å². The number of alkyl halides is 3. The number of hydrogen-bond acceptors (Lipinski definition) is 7. The van der Waals surface area contributed by atoms with Gasteiger partial charge in [-0.3, -0.25) is 4.79 Å². The molecule has 0 aromatic carbocycles. The van der Waals surface area contributed by atoms with Gasteiger partial charge in [0.25, 0.3) is 0 Å². The third-order valence-corrected chi connectivity index (χ3v) is 6.19. The number of aromatic nitrogens is 1. The van der Waals surface area contributed by atoms with E-state index in [2.05, 4.69) is 9.72 Å². The lowest BCUT2D eigenvalue weighted by molar-refractivity contribution is -0.151. The van der Waals surface area contributed by atoms with Gasteiger partial charge in [0, 0.05) is 12.7 Å². The quantitative estimate of drug-likeness (QED) is 0.538. The molecule has 0 unspecified atom stereocenters. The average molecular weight is 412 g/mol. The first kappa shape index (κ1) is 20.5. The van der Waals surface area contributed by atoms with E-state index in [-0.39, 0.29) is 23.1 Å². The SMILES string of the molecule is COC(=O)[C@@H]1CS(=O)(=O)CCN1C(=O)CSc1ccc(C(F)(F)F)cn1. The van der Waals surface area contributed by atoms with Gasteiger partial charge in [-0.05, 0) is 12.1 Å². The number of esters is 1. The molecule has 0 aliphatic carbocycles. The minimum absolute atomic E-state index is 0.151. The molecule has 1 aliphatic heterocycles. The Balaban J connectivity index is 2.03. The van der Waals surface area contributed by atoms with E-state index in [9.17, 15) is 31.2 Å². The fourth-order valence-electron chi connectivity index (χ4n) is 2.29. The van der Waals surface area contributed by atoms with Gasteiger partial charge in [-0.15, -0.1) is 0 Å². The first-order valence-electron chi connectivity index (χ1n) is 7.27. The second kappa shape index (κ2) is 7.82. The van der Waals surface area contributed by atoms with Crippen molar-refractivity contribution in [3.05, 3.63) is 23.9 Å². The van der Waals surface area contributed by atoms with Gasteiger partial charge in [0.15, 0.2) is 9.84 Å². The summed E-state index contributed by atoms with van der Waals surface area (Å²) < 4.78 is 65.4. The van der Waals surface area contributed by atoms with Crippen molar-refractivity contribution in [3.8, 4) is 0 Å². The number of rotatable bonds is 4. The fourth-order valence-corrected chi connectivity index (χ4v) is 4.46. The summed E-state index contributed by atoms with van der Waals surface area (Å²) in [6, 6.07) is 0.761. The Morgan fingerprint density at radius 2 is 2.08 bits per heavy atom. The minimum Gasteiger partial charge on any atom is -0.467 e. The molecular formula is C14H15F3N2O5S2. The molecule has 0 spiro atoms. The van der Waals surface area contributed by atoms with Crippen LogP contribution in [0.25, 0.3) is 0 Å². The standard InChI is InChI=1S/C14H15F3N2O5S2/c1-24-13(21)10-8-26(22,23)5-4-19(10)12(20)7-25-11-3-2-9(6-18-11)14(15,16)17/h2-3,6,10H,4-5,7-8H2,1H3/t10-/m0/s1. The number of sulfone groups is 1. The van der Waals surface area contributed by atoms with Gasteiger partial charge in [-0.1, -0.05) is 11.8 Å². The number of carbonyl (C=O) groups excluding carboxylic acids is 2. The van der Waals surface area contributed by atoms with Crippen LogP contribution in [0.3, 0.4) is 0 Å². The van der Waals surface area contributed by atoms with Crippen molar-refractivity contribution in [2.45, 2.75) is 17.2 Å². The average Bonchev–Trinajstić information content (AvgIpc) is 2.57. The summed E-state index contributed by atoms with van der Waals surface area (Å²) in [6.45, 7) is -0.151. The molecule has 1 aliphatic rings. The van der Waals surface area contributed by atoms with Crippen molar-refractivity contribution in [2.24, 2.45) is 0 Å². The van der Waals surface area contributed by atoms with Gasteiger partial charge in [-0.25, -0.2) is 18.2 Å². The van der Waals surface area contributed by atoms with Crippen LogP contribution in [0, 0.1) is 0 Å². The van der Waals surface area contributed by atoms with Crippen LogP contribution in [0.15, 0.2) is 23.4 Å². The normalized spacial score (nSPS) is 19.8. The van der Waals surface area contributed by atoms with E-state index < -0.39 is 45.2 Å². The van der Waals surface area contributed by atoms with Crippen LogP contribution in [0.4, 0.5) is 13.2 Å². The van der Waals surface area contributed by atoms with Crippen LogP contribution in [0.2, 0.25) is 0 Å². The highest BCUT2D eigenvalue weighted by atomic mass is 32.2. The molecule has 0 radical (unpaired) electrons. The third kappa shape index (κ3) is 5.10. The Kier molecular flexibility index (Phi) is 6.17. The van der Waals surface area contributed by atoms with Crippen LogP contribution in [-0.2, 0) is 30.3 Å². The van der Waals surface area contributed by atoms with Crippen LogP contribution < -0.4 is 0 Å². The summed E-state index contributed by atoms with van der Waals surface area (Å²) in [5, 5.41) is 0.200. The summed E-state index contributed by atoms with van der Waals surface area (Å²) in [6.07, 6.45) is -3.84. The maximum atomic E-state index is 12.5. The van der Waals surface area contributed by atoms with Crippen LogP contribution in [0.1, 0.15) is 5.56 Å². The van der Waals surface area contributed by atoms with Gasteiger partial charge < -0.3 is 9.64 Å². The largest absolute Gasteiger partial charge is 0.467 e. The first-order chi connectivity index (χ1) is 12.0. The van der Waals surface area contributed by atoms with Gasteiger partial charge in [0.1, 0.15) is 6.04 Å². The van der Waals surface area contributed by atoms with Crippen molar-refractivity contribution in [1.82, 2.24) is 9.88 Å². The maximum absolute atomic E-state index is 12.5. The number of halogens is 3. The number of ether oxygens (including phenoxy) is 1. The molecule has 1 saturated heterocycles. The third-order valence-electron chi connectivity index (χ3n) is 3.63. The molecule has 1 amide bonds. The number of methoxy groups -OCH3 is 1. The van der Waals surface area contributed by atoms with E-state index in [4.69, 9.17) is 0 Å². The summed E-state index contributed by atoms with van der Waals surface area (Å²) in [5.41, 5.74) is -0.903. The lowest BCUT2D eigenvalue weighted by Crippen LogP contribution is -2.55. The van der Waals surface area contributed by atoms with Crippen LogP contribution in [0.5, 0.6) is 0 Å². The Labute approximate surface area is 151 Å². The molecule has 144 valence electrons. The molecule has 0 bridgehead atoms. The molecule has 2 rings (SSSR count). The lowest BCUT2D eigenvalue weighted by atomic mass is 10.2. The zero-order valence-corrected chi connectivity index (χ0v) is 15.2. The number of thioether (sulfide) groups is 1. The smallest absolute Gasteiger partial charge is 0.417 e. The van der Waals surface area contributed by atoms with Crippen molar-refractivity contribution in [2.75, 3.05) is 30.9 Å². The molecule has 7 nitrogen and oxygen atoms in total. The topological polar surface area (TPSA) is 93.6 Å². The van der Waals surface area contributed by atoms with Crippen molar-refractivity contribution >= 4 is 33.5 Å². The van der Waals surface area contributed by atoms with E-state index in [1.807, 2.05) is 0 Å². The summed E-state index contributed by atoms with van der Waals surface area (Å²) in [7, 11) is -2.37. The highest BCUT2D eigenvalue weighted by molar-refractivity contribution is 7.99. The summed E-state index contributed by atoms with van der Waals surface area (Å²) >= 11 is 0.892. The maximum Gasteiger partial charge on any atom is 0.417 e. The van der Waals surface area contributed by atoms with Crippen molar-refractivity contribution in [1.29, 1.82) is 0 Å². The number of nitrogens with zero attached hydrogens (tertiary/aromatic N) is 2. The summed E-state index contributed by atoms with van der Waals surface area (Å²) in [4.78, 5) is 28.9. The monoisotopic (exact) mass is 412 g/mol. The number of hydrogen-bond donors (Lipinski definition) is 0. The predicted octanol–water partition coefficient (Wildman–Crippen LogP) is 0.991. The van der Waals surface area contributed by atoms with E-state index >= 15 is 0 Å². The van der Waals surface area contributed by atoms with Gasteiger partial charge in [0.05, 0.1) is 35.0 Å². The lowest BCUT2D eigenvalue weighted by Gasteiger charge is -2.33. The molecule has 12 heteroatoms. The summed E-state index contributed by atoms with van der Waals surface area (Å²) in [5.74, 6) is -2.35. The molecular weight excluding hydrogens is 397 g/mol. The van der Waals surface area contributed by atoms with E-state index in [1.165, 1.54) is 0 Å². The van der Waals surface area contributed by atoms with E-state index in [1.54, 1.807) is 0 Å². The molecule has 0 saturated carbocycles. The zero-order valence-electron chi connectivity index (χ0n) is 13.5. The van der Waals surface area contributed by atoms with Crippen LogP contribution >= 0.6 is 11.8 Å². The number of amides is 1. The predicted molar refractivity (Wildman–Crippen MR) is 86.1 cm³/mol. The number of pyridine rings is 1. The van der Waals surface area contributed by atoms with Crippen molar-refractivity contribution < 1.29 is 35.9 Å². The molecule has 1 aromatic heterocycles. The molecule has 0 N–H and O–H groups in total. The van der Waals surface area contributed by atoms with Gasteiger partial charge in [-0.2, -0.15) is 13.2 Å². The Bertz CT molecular complexity index is 781. The molecule has 1 atom stereocenters.